The van der Waals surface area contributed by atoms with Crippen LogP contribution in [-0.4, -0.2) is 68.3 Å². The topological polar surface area (TPSA) is 130 Å². The van der Waals surface area contributed by atoms with Crippen LogP contribution in [0.15, 0.2) is 0 Å². The smallest absolute Gasteiger partial charge is 0.276 e. The quantitative estimate of drug-likeness (QED) is 0.249. The molecule has 0 aromatic heterocycles. The second-order valence-corrected chi connectivity index (χ2v) is 3.39. The van der Waals surface area contributed by atoms with Gasteiger partial charge in [-0.05, 0) is 0 Å². The largest absolute Gasteiger partial charge is 0.394 e. The number of nitrogens with one attached hydrogen (secondary N) is 1. The lowest BCUT2D eigenvalue weighted by atomic mass is 10.0. The summed E-state index contributed by atoms with van der Waals surface area (Å²) in [6.45, 7) is -1.07. The SMILES string of the molecule is O=C(S)NCC(O)C(O)C(O)C(O)CO. The lowest BCUT2D eigenvalue weighted by Crippen LogP contribution is -2.49. The van der Waals surface area contributed by atoms with Gasteiger partial charge in [-0.3, -0.25) is 4.79 Å². The molecule has 4 unspecified atom stereocenters. The van der Waals surface area contributed by atoms with Crippen molar-refractivity contribution in [3.63, 3.8) is 0 Å². The van der Waals surface area contributed by atoms with Crippen LogP contribution in [0.2, 0.25) is 0 Å². The van der Waals surface area contributed by atoms with E-state index in [0.29, 0.717) is 0 Å². The monoisotopic (exact) mass is 241 g/mol. The third kappa shape index (κ3) is 5.30. The van der Waals surface area contributed by atoms with Crippen LogP contribution in [0.3, 0.4) is 0 Å². The molecule has 0 radical (unpaired) electrons. The van der Waals surface area contributed by atoms with E-state index in [1.165, 1.54) is 0 Å². The predicted octanol–water partition coefficient (Wildman–Crippen LogP) is -2.94. The van der Waals surface area contributed by atoms with Crippen molar-refractivity contribution >= 4 is 17.9 Å². The number of rotatable bonds is 6. The van der Waals surface area contributed by atoms with Crippen LogP contribution >= 0.6 is 12.6 Å². The number of amides is 1. The molecule has 0 heterocycles. The molecule has 0 spiro atoms. The standard InChI is InChI=1S/C7H15NO6S/c9-2-4(11)6(13)5(12)3(10)1-8-7(14)15/h3-6,9-13H,1-2H2,(H2,8,14,15). The molecule has 0 fully saturated rings. The van der Waals surface area contributed by atoms with Crippen molar-refractivity contribution in [1.29, 1.82) is 0 Å². The first-order valence-electron chi connectivity index (χ1n) is 4.20. The molecule has 0 bridgehead atoms. The van der Waals surface area contributed by atoms with E-state index in [1.807, 2.05) is 0 Å². The molecule has 0 aliphatic rings. The average Bonchev–Trinajstić information content (AvgIpc) is 2.22. The zero-order valence-electron chi connectivity index (χ0n) is 7.82. The number of aliphatic hydroxyl groups excluding tert-OH is 5. The third-order valence-electron chi connectivity index (χ3n) is 1.79. The maximum absolute atomic E-state index is 10.3. The average molecular weight is 241 g/mol. The van der Waals surface area contributed by atoms with Crippen molar-refractivity contribution in [2.45, 2.75) is 24.4 Å². The maximum Gasteiger partial charge on any atom is 0.276 e. The van der Waals surface area contributed by atoms with Crippen LogP contribution < -0.4 is 5.32 Å². The first-order chi connectivity index (χ1) is 6.90. The van der Waals surface area contributed by atoms with Gasteiger partial charge < -0.3 is 30.8 Å². The Morgan fingerprint density at radius 3 is 2.00 bits per heavy atom. The number of hydrogen-bond acceptors (Lipinski definition) is 6. The van der Waals surface area contributed by atoms with E-state index in [9.17, 15) is 20.1 Å². The van der Waals surface area contributed by atoms with Crippen molar-refractivity contribution < 1.29 is 30.3 Å². The fourth-order valence-electron chi connectivity index (χ4n) is 0.876. The summed E-state index contributed by atoms with van der Waals surface area (Å²) in [7, 11) is 0. The molecule has 0 saturated carbocycles. The van der Waals surface area contributed by atoms with E-state index < -0.39 is 36.3 Å². The molecule has 0 aliphatic carbocycles. The lowest BCUT2D eigenvalue weighted by molar-refractivity contribution is -0.113. The molecule has 0 aliphatic heterocycles. The van der Waals surface area contributed by atoms with Crippen molar-refractivity contribution in [2.24, 2.45) is 0 Å². The van der Waals surface area contributed by atoms with Gasteiger partial charge in [0.2, 0.25) is 0 Å². The molecule has 15 heavy (non-hydrogen) atoms. The number of thiol groups is 1. The van der Waals surface area contributed by atoms with E-state index in [0.717, 1.165) is 0 Å². The first kappa shape index (κ1) is 14.6. The molecule has 4 atom stereocenters. The van der Waals surface area contributed by atoms with Gasteiger partial charge in [0.05, 0.1) is 12.7 Å². The molecule has 7 nitrogen and oxygen atoms in total. The second-order valence-electron chi connectivity index (χ2n) is 2.98. The Kier molecular flexibility index (Phi) is 6.81. The van der Waals surface area contributed by atoms with Crippen LogP contribution in [0.5, 0.6) is 0 Å². The number of aliphatic hydroxyl groups is 5. The third-order valence-corrected chi connectivity index (χ3v) is 1.95. The van der Waals surface area contributed by atoms with Gasteiger partial charge in [-0.25, -0.2) is 0 Å². The summed E-state index contributed by atoms with van der Waals surface area (Å²) in [6.07, 6.45) is -6.38. The predicted molar refractivity (Wildman–Crippen MR) is 53.5 cm³/mol. The molecule has 0 aromatic rings. The van der Waals surface area contributed by atoms with Gasteiger partial charge in [0.15, 0.2) is 0 Å². The molecule has 0 aromatic carbocycles. The molecule has 0 rings (SSSR count). The summed E-state index contributed by atoms with van der Waals surface area (Å²) in [6, 6.07) is 0. The van der Waals surface area contributed by atoms with Crippen molar-refractivity contribution in [2.75, 3.05) is 13.2 Å². The van der Waals surface area contributed by atoms with Crippen LogP contribution in [0.4, 0.5) is 4.79 Å². The van der Waals surface area contributed by atoms with Gasteiger partial charge in [0.1, 0.15) is 18.3 Å². The lowest BCUT2D eigenvalue weighted by Gasteiger charge is -2.25. The van der Waals surface area contributed by atoms with Gasteiger partial charge in [0.25, 0.3) is 5.24 Å². The van der Waals surface area contributed by atoms with E-state index in [4.69, 9.17) is 10.2 Å². The summed E-state index contributed by atoms with van der Waals surface area (Å²) < 4.78 is 0. The van der Waals surface area contributed by atoms with Gasteiger partial charge in [-0.1, -0.05) is 12.6 Å². The number of carbonyl (C=O) groups is 1. The summed E-state index contributed by atoms with van der Waals surface area (Å²) >= 11 is 3.36. The Labute approximate surface area is 91.8 Å². The highest BCUT2D eigenvalue weighted by Crippen LogP contribution is 2.04. The summed E-state index contributed by atoms with van der Waals surface area (Å²) in [5.74, 6) is 0. The highest BCUT2D eigenvalue weighted by molar-refractivity contribution is 7.96. The highest BCUT2D eigenvalue weighted by Gasteiger charge is 2.29. The first-order valence-corrected chi connectivity index (χ1v) is 4.64. The fourth-order valence-corrected chi connectivity index (χ4v) is 0.967. The van der Waals surface area contributed by atoms with E-state index in [2.05, 4.69) is 17.9 Å². The molecular formula is C7H15NO6S. The maximum atomic E-state index is 10.3. The summed E-state index contributed by atoms with van der Waals surface area (Å²) in [4.78, 5) is 10.3. The van der Waals surface area contributed by atoms with Gasteiger partial charge in [-0.15, -0.1) is 0 Å². The Balaban J connectivity index is 4.06. The Bertz CT molecular complexity index is 204. The summed E-state index contributed by atoms with van der Waals surface area (Å²) in [5.41, 5.74) is 0. The van der Waals surface area contributed by atoms with Gasteiger partial charge in [0, 0.05) is 6.54 Å². The van der Waals surface area contributed by atoms with Crippen LogP contribution in [0.25, 0.3) is 0 Å². The fraction of sp³-hybridized carbons (Fsp3) is 0.857. The van der Waals surface area contributed by atoms with Crippen molar-refractivity contribution in [1.82, 2.24) is 5.32 Å². The number of carbonyl (C=O) groups excluding carboxylic acids is 1. The van der Waals surface area contributed by atoms with E-state index in [-0.39, 0.29) is 6.54 Å². The van der Waals surface area contributed by atoms with Crippen LogP contribution in [0, 0.1) is 0 Å². The number of hydrogen-bond donors (Lipinski definition) is 7. The van der Waals surface area contributed by atoms with Crippen molar-refractivity contribution in [3.8, 4) is 0 Å². The zero-order chi connectivity index (χ0) is 12.0. The van der Waals surface area contributed by atoms with E-state index >= 15 is 0 Å². The second kappa shape index (κ2) is 6.99. The van der Waals surface area contributed by atoms with Crippen LogP contribution in [-0.2, 0) is 0 Å². The van der Waals surface area contributed by atoms with Gasteiger partial charge >= 0.3 is 0 Å². The normalized spacial score (nSPS) is 19.1. The van der Waals surface area contributed by atoms with E-state index in [1.54, 1.807) is 0 Å². The van der Waals surface area contributed by atoms with Crippen molar-refractivity contribution in [3.05, 3.63) is 0 Å². The minimum Gasteiger partial charge on any atom is -0.394 e. The molecule has 8 heteroatoms. The van der Waals surface area contributed by atoms with Crippen LogP contribution in [0.1, 0.15) is 0 Å². The minimum atomic E-state index is -1.69. The zero-order valence-corrected chi connectivity index (χ0v) is 8.71. The Hall–Kier alpha value is -0.380. The minimum absolute atomic E-state index is 0.321. The molecule has 1 amide bonds. The molecule has 90 valence electrons. The summed E-state index contributed by atoms with van der Waals surface area (Å²) in [5, 5.41) is 46.5. The Morgan fingerprint density at radius 1 is 1.13 bits per heavy atom. The Morgan fingerprint density at radius 2 is 1.60 bits per heavy atom. The molecule has 6 N–H and O–H groups in total. The molecule has 0 saturated heterocycles. The molecular weight excluding hydrogens is 226 g/mol. The highest BCUT2D eigenvalue weighted by atomic mass is 32.1. The van der Waals surface area contributed by atoms with Gasteiger partial charge in [-0.2, -0.15) is 0 Å².